The van der Waals surface area contributed by atoms with Crippen LogP contribution in [0, 0.1) is 0 Å². The normalized spacial score (nSPS) is 12.2. The van der Waals surface area contributed by atoms with Gasteiger partial charge in [-0.05, 0) is 50.4 Å². The molecular formula is C14H19ClN4O2. The summed E-state index contributed by atoms with van der Waals surface area (Å²) < 4.78 is 5.24. The number of hydrogen-bond donors (Lipinski definition) is 1. The molecule has 0 fully saturated rings. The van der Waals surface area contributed by atoms with Gasteiger partial charge in [-0.1, -0.05) is 28.8 Å². The summed E-state index contributed by atoms with van der Waals surface area (Å²) in [4.78, 5) is 14.6. The highest BCUT2D eigenvalue weighted by molar-refractivity contribution is 6.30. The zero-order valence-corrected chi connectivity index (χ0v) is 13.1. The molecule has 0 saturated carbocycles. The topological polar surface area (TPSA) is 87.1 Å². The Balaban J connectivity index is 2.79. The minimum Gasteiger partial charge on any atom is -0.444 e. The van der Waals surface area contributed by atoms with Crippen molar-refractivity contribution in [1.82, 2.24) is 5.32 Å². The van der Waals surface area contributed by atoms with Crippen molar-refractivity contribution in [3.8, 4) is 0 Å². The van der Waals surface area contributed by atoms with E-state index in [9.17, 15) is 4.79 Å². The molecule has 1 aromatic rings. The van der Waals surface area contributed by atoms with Crippen molar-refractivity contribution in [3.05, 3.63) is 45.3 Å². The first kappa shape index (κ1) is 17.1. The van der Waals surface area contributed by atoms with Gasteiger partial charge in [-0.3, -0.25) is 0 Å². The summed E-state index contributed by atoms with van der Waals surface area (Å²) in [5, 5.41) is 6.90. The Bertz CT molecular complexity index is 519. The molecule has 0 unspecified atom stereocenters. The molecule has 6 nitrogen and oxygen atoms in total. The van der Waals surface area contributed by atoms with Gasteiger partial charge in [-0.25, -0.2) is 4.79 Å². The predicted molar refractivity (Wildman–Crippen MR) is 82.2 cm³/mol. The predicted octanol–water partition coefficient (Wildman–Crippen LogP) is 4.61. The van der Waals surface area contributed by atoms with Gasteiger partial charge in [-0.2, -0.15) is 0 Å². The maximum Gasteiger partial charge on any atom is 0.408 e. The third-order valence-corrected chi connectivity index (χ3v) is 2.80. The van der Waals surface area contributed by atoms with E-state index in [0.29, 0.717) is 11.4 Å². The van der Waals surface area contributed by atoms with E-state index in [1.165, 1.54) is 0 Å². The second kappa shape index (κ2) is 7.76. The van der Waals surface area contributed by atoms with Crippen molar-refractivity contribution in [2.75, 3.05) is 6.54 Å². The molecule has 114 valence electrons. The first-order valence-electron chi connectivity index (χ1n) is 6.57. The van der Waals surface area contributed by atoms with E-state index < -0.39 is 11.7 Å². The fraction of sp³-hybridized carbons (Fsp3) is 0.500. The van der Waals surface area contributed by atoms with Gasteiger partial charge in [0.15, 0.2) is 0 Å². The number of hydrogen-bond acceptors (Lipinski definition) is 3. The SMILES string of the molecule is CC(C)(C)OC(=O)N[C@H](CCN=[N+]=[N-])c1ccc(Cl)cc1. The van der Waals surface area contributed by atoms with Crippen molar-refractivity contribution in [2.45, 2.75) is 38.8 Å². The summed E-state index contributed by atoms with van der Waals surface area (Å²) in [5.41, 5.74) is 8.65. The Morgan fingerprint density at radius 1 is 1.43 bits per heavy atom. The highest BCUT2D eigenvalue weighted by atomic mass is 35.5. The van der Waals surface area contributed by atoms with Crippen LogP contribution in [-0.4, -0.2) is 18.2 Å². The minimum atomic E-state index is -0.570. The van der Waals surface area contributed by atoms with Crippen molar-refractivity contribution in [1.29, 1.82) is 0 Å². The molecule has 0 aliphatic heterocycles. The van der Waals surface area contributed by atoms with Crippen molar-refractivity contribution < 1.29 is 9.53 Å². The molecule has 0 radical (unpaired) electrons. The summed E-state index contributed by atoms with van der Waals surface area (Å²) in [7, 11) is 0. The molecule has 0 aliphatic rings. The molecule has 0 bridgehead atoms. The summed E-state index contributed by atoms with van der Waals surface area (Å²) in [6, 6.07) is 6.83. The first-order chi connectivity index (χ1) is 9.81. The number of nitrogens with zero attached hydrogens (tertiary/aromatic N) is 3. The van der Waals surface area contributed by atoms with Crippen molar-refractivity contribution in [2.24, 2.45) is 5.11 Å². The molecule has 0 aliphatic carbocycles. The van der Waals surface area contributed by atoms with Crippen LogP contribution in [-0.2, 0) is 4.74 Å². The Labute approximate surface area is 129 Å². The zero-order valence-electron chi connectivity index (χ0n) is 12.3. The van der Waals surface area contributed by atoms with E-state index in [-0.39, 0.29) is 12.6 Å². The Hall–Kier alpha value is -1.91. The molecule has 1 aromatic carbocycles. The molecule has 0 saturated heterocycles. The lowest BCUT2D eigenvalue weighted by molar-refractivity contribution is 0.0501. The minimum absolute atomic E-state index is 0.277. The van der Waals surface area contributed by atoms with Gasteiger partial charge in [0.2, 0.25) is 0 Å². The summed E-state index contributed by atoms with van der Waals surface area (Å²) >= 11 is 5.86. The maximum atomic E-state index is 11.9. The highest BCUT2D eigenvalue weighted by Gasteiger charge is 2.20. The van der Waals surface area contributed by atoms with Crippen LogP contribution >= 0.6 is 11.6 Å². The summed E-state index contributed by atoms with van der Waals surface area (Å²) in [5.74, 6) is 0. The lowest BCUT2D eigenvalue weighted by Crippen LogP contribution is -2.35. The van der Waals surface area contributed by atoms with E-state index in [2.05, 4.69) is 15.3 Å². The van der Waals surface area contributed by atoms with Gasteiger partial charge in [0, 0.05) is 16.5 Å². The second-order valence-electron chi connectivity index (χ2n) is 5.49. The third-order valence-electron chi connectivity index (χ3n) is 2.54. The number of alkyl carbamates (subject to hydrolysis) is 1. The molecule has 0 spiro atoms. The molecule has 1 N–H and O–H groups in total. The molecule has 1 atom stereocenters. The van der Waals surface area contributed by atoms with Crippen LogP contribution in [0.3, 0.4) is 0 Å². The van der Waals surface area contributed by atoms with Gasteiger partial charge in [0.05, 0.1) is 6.04 Å². The molecule has 0 aromatic heterocycles. The Morgan fingerprint density at radius 3 is 2.57 bits per heavy atom. The van der Waals surface area contributed by atoms with E-state index in [0.717, 1.165) is 5.56 Å². The number of nitrogens with one attached hydrogen (secondary N) is 1. The smallest absolute Gasteiger partial charge is 0.408 e. The van der Waals surface area contributed by atoms with E-state index in [4.69, 9.17) is 21.9 Å². The standard InChI is InChI=1S/C14H19ClN4O2/c1-14(2,3)21-13(20)18-12(8-9-17-19-16)10-4-6-11(15)7-5-10/h4-7,12H,8-9H2,1-3H3,(H,18,20)/t12-/m1/s1. The van der Waals surface area contributed by atoms with Crippen LogP contribution in [0.4, 0.5) is 4.79 Å². The molecule has 1 amide bonds. The number of carbonyl (C=O) groups is 1. The lowest BCUT2D eigenvalue weighted by atomic mass is 10.0. The van der Waals surface area contributed by atoms with Gasteiger partial charge in [0.25, 0.3) is 0 Å². The van der Waals surface area contributed by atoms with Gasteiger partial charge >= 0.3 is 6.09 Å². The van der Waals surface area contributed by atoms with E-state index in [1.54, 1.807) is 32.9 Å². The average molecular weight is 311 g/mol. The number of azide groups is 1. The van der Waals surface area contributed by atoms with Crippen molar-refractivity contribution >= 4 is 17.7 Å². The van der Waals surface area contributed by atoms with Crippen LogP contribution in [0.25, 0.3) is 10.4 Å². The summed E-state index contributed by atoms with van der Waals surface area (Å²) in [6.45, 7) is 5.66. The van der Waals surface area contributed by atoms with E-state index in [1.807, 2.05) is 12.1 Å². The average Bonchev–Trinajstić information content (AvgIpc) is 2.36. The fourth-order valence-corrected chi connectivity index (χ4v) is 1.82. The molecular weight excluding hydrogens is 292 g/mol. The number of halogens is 1. The van der Waals surface area contributed by atoms with Crippen LogP contribution in [0.1, 0.15) is 38.8 Å². The molecule has 1 rings (SSSR count). The molecule has 0 heterocycles. The van der Waals surface area contributed by atoms with Crippen LogP contribution < -0.4 is 5.32 Å². The van der Waals surface area contributed by atoms with Crippen molar-refractivity contribution in [3.63, 3.8) is 0 Å². The second-order valence-corrected chi connectivity index (χ2v) is 5.93. The van der Waals surface area contributed by atoms with Gasteiger partial charge < -0.3 is 10.1 Å². The fourth-order valence-electron chi connectivity index (χ4n) is 1.70. The monoisotopic (exact) mass is 310 g/mol. The third kappa shape index (κ3) is 6.88. The first-order valence-corrected chi connectivity index (χ1v) is 6.95. The maximum absolute atomic E-state index is 11.9. The van der Waals surface area contributed by atoms with Gasteiger partial charge in [0.1, 0.15) is 5.60 Å². The Morgan fingerprint density at radius 2 is 2.05 bits per heavy atom. The van der Waals surface area contributed by atoms with Crippen LogP contribution in [0.2, 0.25) is 5.02 Å². The van der Waals surface area contributed by atoms with Crippen LogP contribution in [0.15, 0.2) is 29.4 Å². The lowest BCUT2D eigenvalue weighted by Gasteiger charge is -2.23. The highest BCUT2D eigenvalue weighted by Crippen LogP contribution is 2.20. The number of amides is 1. The zero-order chi connectivity index (χ0) is 15.9. The van der Waals surface area contributed by atoms with E-state index >= 15 is 0 Å². The molecule has 21 heavy (non-hydrogen) atoms. The molecule has 7 heteroatoms. The summed E-state index contributed by atoms with van der Waals surface area (Å²) in [6.07, 6.45) is -0.0336. The Kier molecular flexibility index (Phi) is 6.34. The van der Waals surface area contributed by atoms with Crippen LogP contribution in [0.5, 0.6) is 0 Å². The quantitative estimate of drug-likeness (QED) is 0.489. The number of benzene rings is 1. The van der Waals surface area contributed by atoms with Gasteiger partial charge in [-0.15, -0.1) is 0 Å². The number of ether oxygens (including phenoxy) is 1. The number of carbonyl (C=O) groups excluding carboxylic acids is 1. The largest absolute Gasteiger partial charge is 0.444 e. The number of rotatable bonds is 5.